The second kappa shape index (κ2) is 11.3. The Kier molecular flexibility index (Phi) is 8.52. The van der Waals surface area contributed by atoms with Gasteiger partial charge in [0.1, 0.15) is 5.75 Å². The summed E-state index contributed by atoms with van der Waals surface area (Å²) in [5, 5.41) is 0. The van der Waals surface area contributed by atoms with Crippen LogP contribution in [0.3, 0.4) is 0 Å². The zero-order valence-electron chi connectivity index (χ0n) is 19.4. The predicted molar refractivity (Wildman–Crippen MR) is 133 cm³/mol. The highest BCUT2D eigenvalue weighted by Gasteiger charge is 2.31. The van der Waals surface area contributed by atoms with Crippen LogP contribution in [0.5, 0.6) is 5.75 Å². The molecule has 0 fully saturated rings. The second-order valence-electron chi connectivity index (χ2n) is 7.71. The first-order chi connectivity index (χ1) is 15.5. The molecule has 0 spiro atoms. The van der Waals surface area contributed by atoms with E-state index in [0.717, 1.165) is 19.4 Å². The first kappa shape index (κ1) is 24.1. The van der Waals surface area contributed by atoms with E-state index in [-0.39, 0.29) is 0 Å². The van der Waals surface area contributed by atoms with Crippen molar-refractivity contribution >= 4 is 19.1 Å². The van der Waals surface area contributed by atoms with Crippen LogP contribution in [0.15, 0.2) is 78.9 Å². The molecule has 0 aliphatic rings. The summed E-state index contributed by atoms with van der Waals surface area (Å²) in [5.74, 6) is 0.531. The van der Waals surface area contributed by atoms with E-state index in [9.17, 15) is 4.57 Å². The van der Waals surface area contributed by atoms with Crippen LogP contribution in [0.25, 0.3) is 0 Å². The molecule has 0 radical (unpaired) electrons. The largest absolute Gasteiger partial charge is 0.460 e. The molecule has 3 aromatic rings. The van der Waals surface area contributed by atoms with E-state index in [4.69, 9.17) is 9.05 Å². The molecular weight excluding hydrogens is 419 g/mol. The number of hydrogen-bond acceptors (Lipinski definition) is 4. The number of aryl methyl sites for hydroxylation is 2. The predicted octanol–water partition coefficient (Wildman–Crippen LogP) is 6.85. The van der Waals surface area contributed by atoms with E-state index in [1.807, 2.05) is 18.2 Å². The van der Waals surface area contributed by atoms with Crippen molar-refractivity contribution in [1.29, 1.82) is 0 Å². The molecule has 32 heavy (non-hydrogen) atoms. The van der Waals surface area contributed by atoms with Gasteiger partial charge in [-0.15, -0.1) is 0 Å². The SMILES string of the molecule is CCc1ccccc1N(CCCN(C)P(=O)(OC)Oc1ccccc1)c1ccccc1C. The summed E-state index contributed by atoms with van der Waals surface area (Å²) in [6, 6.07) is 26.1. The van der Waals surface area contributed by atoms with E-state index in [2.05, 4.69) is 67.3 Å². The van der Waals surface area contributed by atoms with E-state index < -0.39 is 7.75 Å². The van der Waals surface area contributed by atoms with Crippen molar-refractivity contribution in [3.05, 3.63) is 90.0 Å². The molecule has 5 nitrogen and oxygen atoms in total. The Balaban J connectivity index is 1.76. The first-order valence-electron chi connectivity index (χ1n) is 11.0. The van der Waals surface area contributed by atoms with Gasteiger partial charge in [-0.05, 0) is 62.2 Å². The van der Waals surface area contributed by atoms with Crippen molar-refractivity contribution < 1.29 is 13.6 Å². The summed E-state index contributed by atoms with van der Waals surface area (Å²) >= 11 is 0. The number of para-hydroxylation sites is 3. The van der Waals surface area contributed by atoms with Gasteiger partial charge in [0.05, 0.1) is 0 Å². The third-order valence-electron chi connectivity index (χ3n) is 5.55. The van der Waals surface area contributed by atoms with E-state index >= 15 is 0 Å². The minimum atomic E-state index is -3.43. The van der Waals surface area contributed by atoms with Gasteiger partial charge in [0.15, 0.2) is 0 Å². The fourth-order valence-corrected chi connectivity index (χ4v) is 5.02. The van der Waals surface area contributed by atoms with Crippen LogP contribution >= 0.6 is 7.75 Å². The van der Waals surface area contributed by atoms with Crippen molar-refractivity contribution in [2.75, 3.05) is 32.1 Å². The third-order valence-corrected chi connectivity index (χ3v) is 7.49. The summed E-state index contributed by atoms with van der Waals surface area (Å²) in [6.45, 7) is 5.66. The van der Waals surface area contributed by atoms with Gasteiger partial charge in [0, 0.05) is 31.6 Å². The molecule has 6 heteroatoms. The number of hydrogen-bond donors (Lipinski definition) is 0. The van der Waals surface area contributed by atoms with Gasteiger partial charge in [-0.2, -0.15) is 0 Å². The van der Waals surface area contributed by atoms with E-state index in [0.29, 0.717) is 12.3 Å². The minimum absolute atomic E-state index is 0.531. The summed E-state index contributed by atoms with van der Waals surface area (Å²) in [7, 11) is -0.216. The second-order valence-corrected chi connectivity index (χ2v) is 9.88. The Hall–Kier alpha value is -2.59. The molecule has 1 unspecified atom stereocenters. The number of benzene rings is 3. The molecule has 0 amide bonds. The lowest BCUT2D eigenvalue weighted by molar-refractivity contribution is 0.258. The molecule has 0 heterocycles. The van der Waals surface area contributed by atoms with Gasteiger partial charge in [-0.25, -0.2) is 9.24 Å². The Labute approximate surface area is 192 Å². The van der Waals surface area contributed by atoms with Gasteiger partial charge in [-0.1, -0.05) is 61.5 Å². The van der Waals surface area contributed by atoms with Crippen molar-refractivity contribution in [3.63, 3.8) is 0 Å². The average Bonchev–Trinajstić information content (AvgIpc) is 2.83. The number of anilines is 2. The van der Waals surface area contributed by atoms with Crippen LogP contribution in [0.4, 0.5) is 11.4 Å². The van der Waals surface area contributed by atoms with Crippen molar-refractivity contribution in [2.45, 2.75) is 26.7 Å². The lowest BCUT2D eigenvalue weighted by atomic mass is 10.1. The van der Waals surface area contributed by atoms with Crippen LogP contribution in [-0.4, -0.2) is 31.9 Å². The topological polar surface area (TPSA) is 42.0 Å². The lowest BCUT2D eigenvalue weighted by Gasteiger charge is -2.30. The number of nitrogens with zero attached hydrogens (tertiary/aromatic N) is 2. The van der Waals surface area contributed by atoms with Gasteiger partial charge >= 0.3 is 7.75 Å². The summed E-state index contributed by atoms with van der Waals surface area (Å²) in [5.41, 5.74) is 4.93. The summed E-state index contributed by atoms with van der Waals surface area (Å²) in [4.78, 5) is 2.36. The molecule has 0 aromatic heterocycles. The Bertz CT molecular complexity index is 1040. The first-order valence-corrected chi connectivity index (χ1v) is 12.5. The molecule has 0 aliphatic carbocycles. The highest BCUT2D eigenvalue weighted by atomic mass is 31.2. The highest BCUT2D eigenvalue weighted by molar-refractivity contribution is 7.51. The zero-order valence-corrected chi connectivity index (χ0v) is 20.3. The van der Waals surface area contributed by atoms with Gasteiger partial charge in [-0.3, -0.25) is 4.52 Å². The molecule has 0 bridgehead atoms. The summed E-state index contributed by atoms with van der Waals surface area (Å²) in [6.07, 6.45) is 1.75. The Morgan fingerprint density at radius 1 is 0.844 bits per heavy atom. The quantitative estimate of drug-likeness (QED) is 0.298. The standard InChI is InChI=1S/C26H33N2O3P/c1-5-23-15-10-12-19-26(23)28(25-18-11-9-14-22(25)2)21-13-20-27(3)32(29,30-4)31-24-16-7-6-8-17-24/h6-12,14-19H,5,13,20-21H2,1-4H3. The van der Waals surface area contributed by atoms with Gasteiger partial charge < -0.3 is 9.42 Å². The van der Waals surface area contributed by atoms with Gasteiger partial charge in [0.25, 0.3) is 0 Å². The average molecular weight is 453 g/mol. The molecule has 0 saturated heterocycles. The van der Waals surface area contributed by atoms with Crippen LogP contribution in [0.2, 0.25) is 0 Å². The smallest absolute Gasteiger partial charge is 0.413 e. The highest BCUT2D eigenvalue weighted by Crippen LogP contribution is 2.50. The van der Waals surface area contributed by atoms with Crippen molar-refractivity contribution in [2.24, 2.45) is 0 Å². The monoisotopic (exact) mass is 452 g/mol. The maximum Gasteiger partial charge on any atom is 0.460 e. The molecule has 170 valence electrons. The fourth-order valence-electron chi connectivity index (χ4n) is 3.75. The molecular formula is C26H33N2O3P. The molecule has 3 rings (SSSR count). The van der Waals surface area contributed by atoms with Crippen LogP contribution in [0.1, 0.15) is 24.5 Å². The summed E-state index contributed by atoms with van der Waals surface area (Å²) < 4.78 is 26.0. The van der Waals surface area contributed by atoms with Crippen LogP contribution < -0.4 is 9.42 Å². The van der Waals surface area contributed by atoms with Crippen LogP contribution in [0, 0.1) is 6.92 Å². The third kappa shape index (κ3) is 5.80. The molecule has 1 atom stereocenters. The normalized spacial score (nSPS) is 13.0. The van der Waals surface area contributed by atoms with Crippen molar-refractivity contribution in [3.8, 4) is 5.75 Å². The molecule has 3 aromatic carbocycles. The molecule has 0 saturated carbocycles. The van der Waals surface area contributed by atoms with E-state index in [1.54, 1.807) is 23.9 Å². The Morgan fingerprint density at radius 3 is 2.12 bits per heavy atom. The molecule has 0 N–H and O–H groups in total. The van der Waals surface area contributed by atoms with Crippen molar-refractivity contribution in [1.82, 2.24) is 4.67 Å². The Morgan fingerprint density at radius 2 is 1.47 bits per heavy atom. The van der Waals surface area contributed by atoms with E-state index in [1.165, 1.54) is 29.6 Å². The molecule has 0 aliphatic heterocycles. The maximum absolute atomic E-state index is 13.3. The number of rotatable bonds is 11. The van der Waals surface area contributed by atoms with Crippen LogP contribution in [-0.2, 0) is 15.5 Å². The lowest BCUT2D eigenvalue weighted by Crippen LogP contribution is -2.26. The maximum atomic E-state index is 13.3. The minimum Gasteiger partial charge on any atom is -0.413 e. The zero-order chi connectivity index (χ0) is 23.0. The van der Waals surface area contributed by atoms with Gasteiger partial charge in [0.2, 0.25) is 0 Å². The fraction of sp³-hybridized carbons (Fsp3) is 0.308.